The van der Waals surface area contributed by atoms with E-state index < -0.39 is 30.1 Å². The van der Waals surface area contributed by atoms with Gasteiger partial charge in [-0.2, -0.15) is 0 Å². The van der Waals surface area contributed by atoms with Crippen molar-refractivity contribution >= 4 is 29.0 Å². The number of rotatable bonds is 3. The van der Waals surface area contributed by atoms with Crippen LogP contribution in [0.2, 0.25) is 10.0 Å². The molecular weight excluding hydrogens is 423 g/mol. The lowest BCUT2D eigenvalue weighted by Crippen LogP contribution is -2.56. The first-order valence-electron chi connectivity index (χ1n) is 9.09. The molecule has 3 aliphatic heterocycles. The molecule has 0 saturated carbocycles. The first kappa shape index (κ1) is 20.8. The molecule has 29 heavy (non-hydrogen) atoms. The number of hydroxylamine groups is 1. The van der Waals surface area contributed by atoms with Crippen LogP contribution in [0.15, 0.2) is 35.5 Å². The lowest BCUT2D eigenvalue weighted by atomic mass is 9.87. The molecule has 11 heteroatoms. The summed E-state index contributed by atoms with van der Waals surface area (Å²) in [6.45, 7) is 1.75. The van der Waals surface area contributed by atoms with Crippen molar-refractivity contribution in [2.75, 3.05) is 6.67 Å². The summed E-state index contributed by atoms with van der Waals surface area (Å²) in [7, 11) is 0. The summed E-state index contributed by atoms with van der Waals surface area (Å²) in [6, 6.07) is 4.64. The van der Waals surface area contributed by atoms with Gasteiger partial charge in [0.2, 0.25) is 0 Å². The highest BCUT2D eigenvalue weighted by Crippen LogP contribution is 2.40. The van der Waals surface area contributed by atoms with Crippen molar-refractivity contribution in [1.82, 2.24) is 15.7 Å². The molecule has 3 aliphatic rings. The van der Waals surface area contributed by atoms with Crippen LogP contribution in [0.5, 0.6) is 0 Å². The van der Waals surface area contributed by atoms with E-state index in [4.69, 9.17) is 27.9 Å². The van der Waals surface area contributed by atoms with Gasteiger partial charge >= 0.3 is 0 Å². The topological polar surface area (TPSA) is 130 Å². The fraction of sp³-hybridized carbons (Fsp3) is 0.500. The van der Waals surface area contributed by atoms with Gasteiger partial charge in [-0.15, -0.1) is 0 Å². The van der Waals surface area contributed by atoms with Gasteiger partial charge in [0.25, 0.3) is 0 Å². The van der Waals surface area contributed by atoms with Gasteiger partial charge in [0.1, 0.15) is 29.7 Å². The number of ether oxygens (including phenoxy) is 1. The van der Waals surface area contributed by atoms with Gasteiger partial charge in [-0.3, -0.25) is 21.0 Å². The number of amidine groups is 1. The highest BCUT2D eigenvalue weighted by Gasteiger charge is 2.55. The lowest BCUT2D eigenvalue weighted by molar-refractivity contribution is -0.151. The maximum absolute atomic E-state index is 11.2. The second-order valence-corrected chi connectivity index (χ2v) is 8.30. The molecule has 7 atom stereocenters. The Hall–Kier alpha value is -1.43. The highest BCUT2D eigenvalue weighted by molar-refractivity contribution is 6.42. The van der Waals surface area contributed by atoms with E-state index in [1.165, 1.54) is 13.0 Å². The van der Waals surface area contributed by atoms with Crippen molar-refractivity contribution in [3.8, 4) is 0 Å². The molecule has 1 aromatic rings. The first-order valence-corrected chi connectivity index (χ1v) is 9.84. The number of aliphatic hydroxyl groups is 3. The molecule has 0 amide bonds. The van der Waals surface area contributed by atoms with E-state index in [2.05, 4.69) is 15.8 Å². The van der Waals surface area contributed by atoms with Crippen molar-refractivity contribution < 1.29 is 25.3 Å². The largest absolute Gasteiger partial charge is 0.387 e. The molecule has 0 bridgehead atoms. The van der Waals surface area contributed by atoms with Gasteiger partial charge in [0, 0.05) is 6.20 Å². The third-order valence-corrected chi connectivity index (χ3v) is 6.44. The summed E-state index contributed by atoms with van der Waals surface area (Å²) >= 11 is 12.0. The number of nitrogens with zero attached hydrogens (tertiary/aromatic N) is 2. The minimum atomic E-state index is -1.65. The average Bonchev–Trinajstić information content (AvgIpc) is 3.25. The summed E-state index contributed by atoms with van der Waals surface area (Å²) in [5.41, 5.74) is 0.836. The normalized spacial score (nSPS) is 36.0. The minimum absolute atomic E-state index is 0.258. The summed E-state index contributed by atoms with van der Waals surface area (Å²) in [4.78, 5) is 5.85. The van der Waals surface area contributed by atoms with E-state index in [1.807, 2.05) is 0 Å². The molecule has 1 fully saturated rings. The van der Waals surface area contributed by atoms with Crippen LogP contribution in [-0.2, 0) is 10.3 Å². The van der Waals surface area contributed by atoms with Crippen molar-refractivity contribution in [3.63, 3.8) is 0 Å². The predicted molar refractivity (Wildman–Crippen MR) is 105 cm³/mol. The predicted octanol–water partition coefficient (Wildman–Crippen LogP) is 0.357. The van der Waals surface area contributed by atoms with Crippen LogP contribution in [-0.4, -0.2) is 68.6 Å². The minimum Gasteiger partial charge on any atom is -0.387 e. The van der Waals surface area contributed by atoms with Gasteiger partial charge < -0.3 is 25.0 Å². The molecule has 2 unspecified atom stereocenters. The number of benzene rings is 1. The Balaban J connectivity index is 1.58. The molecule has 0 spiro atoms. The highest BCUT2D eigenvalue weighted by atomic mass is 35.5. The number of hydrogen-bond acceptors (Lipinski definition) is 9. The zero-order valence-corrected chi connectivity index (χ0v) is 16.9. The van der Waals surface area contributed by atoms with Gasteiger partial charge in [-0.1, -0.05) is 35.3 Å². The monoisotopic (exact) mass is 444 g/mol. The van der Waals surface area contributed by atoms with Crippen LogP contribution in [0, 0.1) is 5.92 Å². The SMILES string of the molecule is C[C@@](O)(c1ccc(Cl)c(Cl)c1)[C@H]1O[C@@H](N2C=CC3C(NO)=NCNC32)[C@H](O)[C@@H]1O. The molecule has 0 aliphatic carbocycles. The van der Waals surface area contributed by atoms with Crippen molar-refractivity contribution in [2.45, 2.75) is 43.2 Å². The molecule has 0 radical (unpaired) electrons. The molecule has 4 rings (SSSR count). The fourth-order valence-electron chi connectivity index (χ4n) is 4.08. The van der Waals surface area contributed by atoms with Crippen molar-refractivity contribution in [3.05, 3.63) is 46.1 Å². The van der Waals surface area contributed by atoms with Crippen LogP contribution in [0.1, 0.15) is 12.5 Å². The smallest absolute Gasteiger partial charge is 0.160 e. The van der Waals surface area contributed by atoms with Crippen LogP contribution in [0.4, 0.5) is 0 Å². The quantitative estimate of drug-likeness (QED) is 0.368. The lowest BCUT2D eigenvalue weighted by Gasteiger charge is -2.38. The van der Waals surface area contributed by atoms with E-state index in [-0.39, 0.29) is 23.8 Å². The maximum Gasteiger partial charge on any atom is 0.160 e. The zero-order valence-electron chi connectivity index (χ0n) is 15.4. The van der Waals surface area contributed by atoms with E-state index in [9.17, 15) is 20.5 Å². The Morgan fingerprint density at radius 3 is 2.72 bits per heavy atom. The van der Waals surface area contributed by atoms with Gasteiger partial charge in [-0.25, -0.2) is 0 Å². The van der Waals surface area contributed by atoms with Crippen molar-refractivity contribution in [1.29, 1.82) is 0 Å². The third-order valence-electron chi connectivity index (χ3n) is 5.70. The number of aliphatic imine (C=N–C) groups is 1. The first-order chi connectivity index (χ1) is 13.8. The van der Waals surface area contributed by atoms with E-state index in [1.54, 1.807) is 29.3 Å². The van der Waals surface area contributed by atoms with Crippen LogP contribution < -0.4 is 10.8 Å². The second kappa shape index (κ2) is 7.68. The molecule has 9 nitrogen and oxygen atoms in total. The molecular formula is C18H22Cl2N4O5. The molecule has 1 saturated heterocycles. The van der Waals surface area contributed by atoms with Crippen LogP contribution in [0.25, 0.3) is 0 Å². The molecule has 1 aromatic carbocycles. The number of nitrogens with one attached hydrogen (secondary N) is 2. The summed E-state index contributed by atoms with van der Waals surface area (Å²) in [5.74, 6) is 0.108. The van der Waals surface area contributed by atoms with Crippen LogP contribution >= 0.6 is 23.2 Å². The Labute approximate surface area is 177 Å². The third kappa shape index (κ3) is 3.41. The van der Waals surface area contributed by atoms with E-state index in [0.717, 1.165) is 0 Å². The Morgan fingerprint density at radius 1 is 1.28 bits per heavy atom. The second-order valence-electron chi connectivity index (χ2n) is 7.48. The van der Waals surface area contributed by atoms with Gasteiger partial charge in [-0.05, 0) is 24.6 Å². The van der Waals surface area contributed by atoms with Gasteiger partial charge in [0.05, 0.1) is 28.8 Å². The Bertz CT molecular complexity index is 852. The van der Waals surface area contributed by atoms with Crippen LogP contribution in [0.3, 0.4) is 0 Å². The Kier molecular flexibility index (Phi) is 5.51. The summed E-state index contributed by atoms with van der Waals surface area (Å²) in [5, 5.41) is 45.5. The maximum atomic E-state index is 11.2. The molecule has 6 N–H and O–H groups in total. The summed E-state index contributed by atoms with van der Waals surface area (Å²) in [6.07, 6.45) is -1.54. The number of halogens is 2. The zero-order chi connectivity index (χ0) is 20.9. The molecule has 158 valence electrons. The average molecular weight is 445 g/mol. The molecule has 0 aromatic heterocycles. The summed E-state index contributed by atoms with van der Waals surface area (Å²) < 4.78 is 5.96. The number of aliphatic hydroxyl groups excluding tert-OH is 2. The van der Waals surface area contributed by atoms with Crippen molar-refractivity contribution in [2.24, 2.45) is 10.9 Å². The number of hydrogen-bond donors (Lipinski definition) is 6. The number of fused-ring (bicyclic) bond motifs is 1. The Morgan fingerprint density at radius 2 is 2.03 bits per heavy atom. The standard InChI is InChI=1S/C18H22Cl2N4O5/c1-18(27,8-2-3-10(19)11(20)6-8)14-12(25)13(26)17(29-14)24-5-4-9-15(23-28)21-7-22-16(9)24/h2-6,9,12-14,16-17,22,25-28H,7H2,1H3,(H,21,23)/t9?,12-,13+,14-,16?,17+,18+/m0/s1. The van der Waals surface area contributed by atoms with Gasteiger partial charge in [0.15, 0.2) is 6.23 Å². The molecule has 3 heterocycles. The fourth-order valence-corrected chi connectivity index (χ4v) is 4.38. The van der Waals surface area contributed by atoms with E-state index in [0.29, 0.717) is 16.4 Å². The van der Waals surface area contributed by atoms with E-state index >= 15 is 0 Å².